The highest BCUT2D eigenvalue weighted by Crippen LogP contribution is 2.23. The Hall–Kier alpha value is -2.93. The molecule has 0 bridgehead atoms. The molecular weight excluding hydrogens is 362 g/mol. The van der Waals surface area contributed by atoms with E-state index in [4.69, 9.17) is 0 Å². The second-order valence-electron chi connectivity index (χ2n) is 6.19. The third-order valence-electron chi connectivity index (χ3n) is 4.17. The number of nitrogens with one attached hydrogen (secondary N) is 2. The fourth-order valence-electron chi connectivity index (χ4n) is 2.81. The minimum atomic E-state index is -0.945. The van der Waals surface area contributed by atoms with Crippen molar-refractivity contribution in [3.05, 3.63) is 65.2 Å². The van der Waals surface area contributed by atoms with E-state index in [1.165, 1.54) is 0 Å². The predicted molar refractivity (Wildman–Crippen MR) is 107 cm³/mol. The third-order valence-corrected chi connectivity index (χ3v) is 5.04. The van der Waals surface area contributed by atoms with Crippen molar-refractivity contribution in [1.82, 2.24) is 5.32 Å². The number of thioether (sulfide) groups is 1. The van der Waals surface area contributed by atoms with Crippen molar-refractivity contribution in [3.63, 3.8) is 0 Å². The summed E-state index contributed by atoms with van der Waals surface area (Å²) in [6, 6.07) is 14.5. The molecule has 0 radical (unpaired) electrons. The molecule has 6 nitrogen and oxygen atoms in total. The largest absolute Gasteiger partial charge is 0.325 e. The summed E-state index contributed by atoms with van der Waals surface area (Å²) in [7, 11) is 0. The first-order chi connectivity index (χ1) is 13.0. The maximum Gasteiger partial charge on any atom is 0.265 e. The van der Waals surface area contributed by atoms with Gasteiger partial charge in [0, 0.05) is 5.69 Å². The molecular formula is C20H19N3O3S. The van der Waals surface area contributed by atoms with Gasteiger partial charge in [0.25, 0.3) is 5.91 Å². The Balaban J connectivity index is 1.63. The lowest BCUT2D eigenvalue weighted by atomic mass is 9.97. The third kappa shape index (κ3) is 4.43. The highest BCUT2D eigenvalue weighted by Gasteiger charge is 2.33. The minimum absolute atomic E-state index is 0.0379. The fraction of sp³-hybridized carbons (Fsp3) is 0.200. The summed E-state index contributed by atoms with van der Waals surface area (Å²) in [4.78, 5) is 40.7. The number of carbonyl (C=O) groups excluding carboxylic acids is 3. The van der Waals surface area contributed by atoms with E-state index in [0.717, 1.165) is 28.6 Å². The Morgan fingerprint density at radius 1 is 1.07 bits per heavy atom. The molecule has 2 aromatic rings. The van der Waals surface area contributed by atoms with Crippen molar-refractivity contribution >= 4 is 40.3 Å². The topological polar surface area (TPSA) is 87.6 Å². The van der Waals surface area contributed by atoms with Crippen LogP contribution in [0.25, 0.3) is 0 Å². The zero-order valence-electron chi connectivity index (χ0n) is 15.0. The van der Waals surface area contributed by atoms with E-state index >= 15 is 0 Å². The molecule has 0 fully saturated rings. The van der Waals surface area contributed by atoms with Crippen molar-refractivity contribution in [3.8, 4) is 0 Å². The molecule has 3 amide bonds. The van der Waals surface area contributed by atoms with Crippen molar-refractivity contribution < 1.29 is 14.4 Å². The first-order valence-corrected chi connectivity index (χ1v) is 9.41. The van der Waals surface area contributed by atoms with Crippen LogP contribution in [0.1, 0.15) is 22.6 Å². The number of hydrogen-bond acceptors (Lipinski definition) is 4. The van der Waals surface area contributed by atoms with Crippen molar-refractivity contribution in [2.75, 3.05) is 11.1 Å². The second kappa shape index (κ2) is 8.18. The molecule has 2 aromatic carbocycles. The molecule has 1 aliphatic rings. The van der Waals surface area contributed by atoms with E-state index in [-0.39, 0.29) is 16.8 Å². The number of rotatable bonds is 4. The Bertz CT molecular complexity index is 905. The van der Waals surface area contributed by atoms with E-state index in [9.17, 15) is 14.4 Å². The smallest absolute Gasteiger partial charge is 0.265 e. The van der Waals surface area contributed by atoms with Gasteiger partial charge in [0.15, 0.2) is 5.17 Å². The highest BCUT2D eigenvalue weighted by atomic mass is 32.2. The number of benzene rings is 2. The molecule has 1 unspecified atom stereocenters. The van der Waals surface area contributed by atoms with Crippen LogP contribution in [-0.4, -0.2) is 28.6 Å². The van der Waals surface area contributed by atoms with Gasteiger partial charge in [-0.3, -0.25) is 14.4 Å². The number of nitrogens with zero attached hydrogens (tertiary/aromatic N) is 1. The van der Waals surface area contributed by atoms with Gasteiger partial charge in [-0.2, -0.15) is 4.99 Å². The minimum Gasteiger partial charge on any atom is -0.325 e. The average molecular weight is 381 g/mol. The zero-order valence-corrected chi connectivity index (χ0v) is 15.8. The van der Waals surface area contributed by atoms with E-state index < -0.39 is 17.7 Å². The number of aryl methyl sites for hydroxylation is 2. The van der Waals surface area contributed by atoms with Crippen LogP contribution in [-0.2, 0) is 14.4 Å². The van der Waals surface area contributed by atoms with Gasteiger partial charge in [-0.15, -0.1) is 0 Å². The molecule has 1 atom stereocenters. The molecule has 1 heterocycles. The number of amidine groups is 1. The highest BCUT2D eigenvalue weighted by molar-refractivity contribution is 8.14. The number of amides is 3. The Morgan fingerprint density at radius 3 is 2.37 bits per heavy atom. The standard InChI is InChI=1S/C20H19N3O3S/c1-12-7-6-8-13(2)17(12)21-15(24)11-27-20-22-18(25)16(19(26)23-20)14-9-4-3-5-10-14/h3-10,16H,11H2,1-2H3,(H,21,24)(H,22,23,25,26). The van der Waals surface area contributed by atoms with Gasteiger partial charge in [-0.25, -0.2) is 0 Å². The normalized spacial score (nSPS) is 16.5. The predicted octanol–water partition coefficient (Wildman–Crippen LogP) is 2.77. The van der Waals surface area contributed by atoms with Gasteiger partial charge in [-0.05, 0) is 30.5 Å². The molecule has 3 rings (SSSR count). The van der Waals surface area contributed by atoms with Gasteiger partial charge in [0.2, 0.25) is 11.8 Å². The summed E-state index contributed by atoms with van der Waals surface area (Å²) in [5.74, 6) is -2.09. The molecule has 0 saturated carbocycles. The molecule has 1 aliphatic heterocycles. The molecule has 7 heteroatoms. The molecule has 0 aromatic heterocycles. The van der Waals surface area contributed by atoms with Crippen LogP contribution >= 0.6 is 11.8 Å². The number of hydrogen-bond donors (Lipinski definition) is 2. The molecule has 0 aliphatic carbocycles. The number of aliphatic imine (C=N–C) groups is 1. The zero-order chi connectivity index (χ0) is 19.4. The van der Waals surface area contributed by atoms with E-state index in [2.05, 4.69) is 15.6 Å². The molecule has 2 N–H and O–H groups in total. The fourth-order valence-corrected chi connectivity index (χ4v) is 3.48. The van der Waals surface area contributed by atoms with E-state index in [1.54, 1.807) is 24.3 Å². The number of carbonyl (C=O) groups is 3. The van der Waals surface area contributed by atoms with Crippen LogP contribution in [0.2, 0.25) is 0 Å². The summed E-state index contributed by atoms with van der Waals surface area (Å²) in [6.45, 7) is 3.84. The van der Waals surface area contributed by atoms with Gasteiger partial charge < -0.3 is 10.6 Å². The van der Waals surface area contributed by atoms with Crippen molar-refractivity contribution in [2.24, 2.45) is 4.99 Å². The molecule has 138 valence electrons. The van der Waals surface area contributed by atoms with Crippen LogP contribution in [0.15, 0.2) is 53.5 Å². The van der Waals surface area contributed by atoms with Gasteiger partial charge in [-0.1, -0.05) is 60.3 Å². The van der Waals surface area contributed by atoms with E-state index in [0.29, 0.717) is 5.56 Å². The average Bonchev–Trinajstić information content (AvgIpc) is 2.63. The second-order valence-corrected chi connectivity index (χ2v) is 7.16. The summed E-state index contributed by atoms with van der Waals surface area (Å²) < 4.78 is 0. The van der Waals surface area contributed by atoms with Crippen molar-refractivity contribution in [2.45, 2.75) is 19.8 Å². The van der Waals surface area contributed by atoms with Crippen LogP contribution in [0.3, 0.4) is 0 Å². The van der Waals surface area contributed by atoms with Crippen molar-refractivity contribution in [1.29, 1.82) is 0 Å². The molecule has 27 heavy (non-hydrogen) atoms. The van der Waals surface area contributed by atoms with Crippen LogP contribution in [0.4, 0.5) is 5.69 Å². The van der Waals surface area contributed by atoms with Gasteiger partial charge in [0.05, 0.1) is 5.75 Å². The quantitative estimate of drug-likeness (QED) is 0.797. The summed E-state index contributed by atoms with van der Waals surface area (Å²) in [5, 5.41) is 5.62. The summed E-state index contributed by atoms with van der Waals surface area (Å²) in [5.41, 5.74) is 3.31. The lowest BCUT2D eigenvalue weighted by molar-refractivity contribution is -0.129. The van der Waals surface area contributed by atoms with Crippen LogP contribution < -0.4 is 10.6 Å². The Labute approximate surface area is 161 Å². The lowest BCUT2D eigenvalue weighted by Gasteiger charge is -2.20. The Kier molecular flexibility index (Phi) is 5.71. The first-order valence-electron chi connectivity index (χ1n) is 8.43. The van der Waals surface area contributed by atoms with Gasteiger partial charge in [0.1, 0.15) is 5.92 Å². The lowest BCUT2D eigenvalue weighted by Crippen LogP contribution is -2.41. The number of para-hydroxylation sites is 1. The van der Waals surface area contributed by atoms with Crippen LogP contribution in [0, 0.1) is 13.8 Å². The first kappa shape index (κ1) is 18.8. The maximum absolute atomic E-state index is 12.3. The van der Waals surface area contributed by atoms with Gasteiger partial charge >= 0.3 is 0 Å². The maximum atomic E-state index is 12.3. The number of anilines is 1. The monoisotopic (exact) mass is 381 g/mol. The summed E-state index contributed by atoms with van der Waals surface area (Å²) in [6.07, 6.45) is 0. The molecule has 0 saturated heterocycles. The summed E-state index contributed by atoms with van der Waals surface area (Å²) >= 11 is 1.03. The van der Waals surface area contributed by atoms with Crippen LogP contribution in [0.5, 0.6) is 0 Å². The SMILES string of the molecule is Cc1cccc(C)c1NC(=O)CSC1=NC(=O)C(c2ccccc2)C(=O)N1. The molecule has 0 spiro atoms. The Morgan fingerprint density at radius 2 is 1.74 bits per heavy atom. The van der Waals surface area contributed by atoms with E-state index in [1.807, 2.05) is 38.1 Å².